The van der Waals surface area contributed by atoms with Crippen molar-refractivity contribution in [2.24, 2.45) is 14.1 Å². The molecule has 0 fully saturated rings. The zero-order chi connectivity index (χ0) is 16.9. The van der Waals surface area contributed by atoms with E-state index in [1.807, 2.05) is 0 Å². The predicted octanol–water partition coefficient (Wildman–Crippen LogP) is 0.777. The molecule has 0 saturated heterocycles. The van der Waals surface area contributed by atoms with Crippen molar-refractivity contribution in [2.45, 2.75) is 0 Å². The van der Waals surface area contributed by atoms with Gasteiger partial charge in [-0.05, 0) is 12.1 Å². The number of imidazole rings is 1. The summed E-state index contributed by atoms with van der Waals surface area (Å²) in [4.78, 5) is 30.6. The second-order valence-electron chi connectivity index (χ2n) is 4.92. The zero-order valence-electron chi connectivity index (χ0n) is 12.0. The second kappa shape index (κ2) is 4.88. The van der Waals surface area contributed by atoms with Crippen LogP contribution in [-0.4, -0.2) is 19.1 Å². The van der Waals surface area contributed by atoms with E-state index in [0.29, 0.717) is 0 Å². The normalized spacial score (nSPS) is 10.9. The first-order valence-electron chi connectivity index (χ1n) is 6.40. The molecule has 0 saturated carbocycles. The highest BCUT2D eigenvalue weighted by atomic mass is 19.1. The first-order valence-corrected chi connectivity index (χ1v) is 6.40. The van der Waals surface area contributed by atoms with Gasteiger partial charge in [-0.25, -0.2) is 18.6 Å². The zero-order valence-corrected chi connectivity index (χ0v) is 12.0. The van der Waals surface area contributed by atoms with Crippen LogP contribution < -0.4 is 11.2 Å². The number of aromatic amines is 1. The van der Waals surface area contributed by atoms with Gasteiger partial charge in [0.15, 0.2) is 5.65 Å². The molecule has 0 aliphatic rings. The molecule has 0 unspecified atom stereocenters. The van der Waals surface area contributed by atoms with E-state index in [9.17, 15) is 18.4 Å². The number of hydrogen-bond donors (Lipinski definition) is 1. The molecule has 0 aliphatic carbocycles. The van der Waals surface area contributed by atoms with Crippen LogP contribution in [-0.2, 0) is 14.1 Å². The Labute approximate surface area is 127 Å². The van der Waals surface area contributed by atoms with Crippen LogP contribution in [0.25, 0.3) is 22.6 Å². The second-order valence-corrected chi connectivity index (χ2v) is 4.92. The van der Waals surface area contributed by atoms with Crippen molar-refractivity contribution in [1.82, 2.24) is 19.1 Å². The fourth-order valence-electron chi connectivity index (χ4n) is 2.28. The lowest BCUT2D eigenvalue weighted by atomic mass is 10.1. The third kappa shape index (κ3) is 2.03. The summed E-state index contributed by atoms with van der Waals surface area (Å²) in [5.74, 6) is -2.06. The van der Waals surface area contributed by atoms with Crippen molar-refractivity contribution in [3.8, 4) is 17.5 Å². The lowest BCUT2D eigenvalue weighted by Gasteiger charge is -2.00. The number of hydrogen-bond acceptors (Lipinski definition) is 4. The summed E-state index contributed by atoms with van der Waals surface area (Å²) in [7, 11) is 2.74. The summed E-state index contributed by atoms with van der Waals surface area (Å²) in [6.45, 7) is 0. The van der Waals surface area contributed by atoms with Gasteiger partial charge in [-0.1, -0.05) is 0 Å². The molecule has 0 aliphatic heterocycles. The Kier molecular flexibility index (Phi) is 3.11. The maximum Gasteiger partial charge on any atom is 0.332 e. The number of rotatable bonds is 1. The van der Waals surface area contributed by atoms with Gasteiger partial charge < -0.3 is 4.98 Å². The van der Waals surface area contributed by atoms with E-state index in [2.05, 4.69) is 9.97 Å². The van der Waals surface area contributed by atoms with E-state index in [-0.39, 0.29) is 22.6 Å². The molecule has 2 aromatic heterocycles. The van der Waals surface area contributed by atoms with Gasteiger partial charge >= 0.3 is 5.69 Å². The van der Waals surface area contributed by atoms with Crippen LogP contribution in [0, 0.1) is 23.0 Å². The Morgan fingerprint density at radius 1 is 1.17 bits per heavy atom. The lowest BCUT2D eigenvalue weighted by molar-refractivity contribution is 0.577. The molecule has 23 heavy (non-hydrogen) atoms. The average molecular weight is 317 g/mol. The SMILES string of the molecule is Cn1c(=O)c2[nH]c(-c3cc(F)c(C#N)c(F)c3)nc2n(C)c1=O. The van der Waals surface area contributed by atoms with E-state index >= 15 is 0 Å². The smallest absolute Gasteiger partial charge is 0.332 e. The molecule has 116 valence electrons. The van der Waals surface area contributed by atoms with Gasteiger partial charge in [0.1, 0.15) is 34.6 Å². The van der Waals surface area contributed by atoms with Gasteiger partial charge in [0, 0.05) is 19.7 Å². The molecule has 0 radical (unpaired) electrons. The summed E-state index contributed by atoms with van der Waals surface area (Å²) in [5, 5.41) is 8.67. The number of nitrogens with zero attached hydrogens (tertiary/aromatic N) is 4. The van der Waals surface area contributed by atoms with E-state index in [1.165, 1.54) is 20.2 Å². The molecule has 3 aromatic rings. The van der Waals surface area contributed by atoms with Gasteiger partial charge in [-0.2, -0.15) is 5.26 Å². The van der Waals surface area contributed by atoms with Crippen molar-refractivity contribution in [1.29, 1.82) is 5.26 Å². The molecule has 0 bridgehead atoms. The fraction of sp³-hybridized carbons (Fsp3) is 0.143. The molecule has 3 rings (SSSR count). The Bertz CT molecular complexity index is 1090. The molecule has 1 N–H and O–H groups in total. The number of halogens is 2. The van der Waals surface area contributed by atoms with Crippen LogP contribution in [0.4, 0.5) is 8.78 Å². The number of benzene rings is 1. The summed E-state index contributed by atoms with van der Waals surface area (Å²) < 4.78 is 29.5. The summed E-state index contributed by atoms with van der Waals surface area (Å²) >= 11 is 0. The van der Waals surface area contributed by atoms with Crippen LogP contribution in [0.15, 0.2) is 21.7 Å². The van der Waals surface area contributed by atoms with Crippen molar-refractivity contribution in [3.05, 3.63) is 50.2 Å². The Morgan fingerprint density at radius 2 is 1.78 bits per heavy atom. The molecule has 0 spiro atoms. The van der Waals surface area contributed by atoms with Crippen LogP contribution in [0.3, 0.4) is 0 Å². The first kappa shape index (κ1) is 14.6. The van der Waals surface area contributed by atoms with Crippen LogP contribution in [0.5, 0.6) is 0 Å². The quantitative estimate of drug-likeness (QED) is 0.717. The highest BCUT2D eigenvalue weighted by molar-refractivity contribution is 5.75. The number of nitrogens with one attached hydrogen (secondary N) is 1. The maximum atomic E-state index is 13.7. The van der Waals surface area contributed by atoms with E-state index < -0.39 is 28.4 Å². The van der Waals surface area contributed by atoms with E-state index in [0.717, 1.165) is 21.3 Å². The number of aryl methyl sites for hydroxylation is 1. The molecule has 7 nitrogen and oxygen atoms in total. The van der Waals surface area contributed by atoms with Crippen molar-refractivity contribution >= 4 is 11.2 Å². The van der Waals surface area contributed by atoms with Gasteiger partial charge in [0.2, 0.25) is 0 Å². The van der Waals surface area contributed by atoms with E-state index in [1.54, 1.807) is 0 Å². The summed E-state index contributed by atoms with van der Waals surface area (Å²) in [6.07, 6.45) is 0. The minimum absolute atomic E-state index is 0.0144. The fourth-order valence-corrected chi connectivity index (χ4v) is 2.28. The standard InChI is InChI=1S/C14H9F2N5O2/c1-20-12-10(13(22)21(2)14(20)23)18-11(19-12)6-3-8(15)7(5-17)9(16)4-6/h3-4H,1-2H3,(H,18,19). The maximum absolute atomic E-state index is 13.7. The molecule has 1 aromatic carbocycles. The van der Waals surface area contributed by atoms with Crippen LogP contribution in [0.1, 0.15) is 5.56 Å². The largest absolute Gasteiger partial charge is 0.332 e. The number of fused-ring (bicyclic) bond motifs is 1. The number of nitriles is 1. The molecule has 2 heterocycles. The predicted molar refractivity (Wildman–Crippen MR) is 76.6 cm³/mol. The Balaban J connectivity index is 2.34. The lowest BCUT2D eigenvalue weighted by Crippen LogP contribution is -2.36. The van der Waals surface area contributed by atoms with Crippen molar-refractivity contribution < 1.29 is 8.78 Å². The summed E-state index contributed by atoms with van der Waals surface area (Å²) in [5.41, 5.74) is -1.75. The van der Waals surface area contributed by atoms with Crippen molar-refractivity contribution in [3.63, 3.8) is 0 Å². The monoisotopic (exact) mass is 317 g/mol. The average Bonchev–Trinajstić information content (AvgIpc) is 2.96. The Hall–Kier alpha value is -3.28. The first-order chi connectivity index (χ1) is 10.8. The number of aromatic nitrogens is 4. The third-order valence-corrected chi connectivity index (χ3v) is 3.52. The Morgan fingerprint density at radius 3 is 2.35 bits per heavy atom. The van der Waals surface area contributed by atoms with Crippen molar-refractivity contribution in [2.75, 3.05) is 0 Å². The van der Waals surface area contributed by atoms with Gasteiger partial charge in [-0.3, -0.25) is 13.9 Å². The molecule has 0 amide bonds. The highest BCUT2D eigenvalue weighted by Gasteiger charge is 2.17. The topological polar surface area (TPSA) is 96.5 Å². The molecule has 9 heteroatoms. The minimum atomic E-state index is -1.04. The van der Waals surface area contributed by atoms with Crippen LogP contribution in [0.2, 0.25) is 0 Å². The molecular formula is C14H9F2N5O2. The van der Waals surface area contributed by atoms with Gasteiger partial charge in [0.05, 0.1) is 0 Å². The third-order valence-electron chi connectivity index (χ3n) is 3.52. The highest BCUT2D eigenvalue weighted by Crippen LogP contribution is 2.23. The summed E-state index contributed by atoms with van der Waals surface area (Å²) in [6, 6.07) is 3.29. The number of H-pyrrole nitrogens is 1. The van der Waals surface area contributed by atoms with E-state index in [4.69, 9.17) is 5.26 Å². The minimum Gasteiger partial charge on any atom is -0.332 e. The molecule has 0 atom stereocenters. The van der Waals surface area contributed by atoms with Gasteiger partial charge in [0.25, 0.3) is 5.56 Å². The molecular weight excluding hydrogens is 308 g/mol. The van der Waals surface area contributed by atoms with Crippen LogP contribution >= 0.6 is 0 Å². The van der Waals surface area contributed by atoms with Gasteiger partial charge in [-0.15, -0.1) is 0 Å².